The van der Waals surface area contributed by atoms with Gasteiger partial charge in [-0.25, -0.2) is 0 Å². The third kappa shape index (κ3) is 5.53. The van der Waals surface area contributed by atoms with Crippen molar-refractivity contribution < 1.29 is 10.2 Å². The molecule has 0 rings (SSSR count). The Kier molecular flexibility index (Phi) is 5.57. The minimum Gasteiger partial charge on any atom is -0.393 e. The minimum absolute atomic E-state index is 0.180. The first-order chi connectivity index (χ1) is 4.31. The van der Waals surface area contributed by atoms with Crippen LogP contribution in [0.4, 0.5) is 0 Å². The van der Waals surface area contributed by atoms with Gasteiger partial charge in [-0.05, 0) is 6.42 Å². The Labute approximate surface area is 55.8 Å². The van der Waals surface area contributed by atoms with Gasteiger partial charge < -0.3 is 10.2 Å². The quantitative estimate of drug-likeness (QED) is 0.550. The van der Waals surface area contributed by atoms with E-state index in [1.165, 1.54) is 0 Å². The van der Waals surface area contributed by atoms with Gasteiger partial charge in [0.1, 0.15) is 0 Å². The highest BCUT2D eigenvalue weighted by Gasteiger charge is 1.90. The third-order valence-corrected chi connectivity index (χ3v) is 1.00. The van der Waals surface area contributed by atoms with Gasteiger partial charge in [-0.15, -0.1) is 0 Å². The van der Waals surface area contributed by atoms with E-state index in [9.17, 15) is 0 Å². The number of allylic oxidation sites excluding steroid dienone is 1. The summed E-state index contributed by atoms with van der Waals surface area (Å²) < 4.78 is 0. The molecule has 0 amide bonds. The summed E-state index contributed by atoms with van der Waals surface area (Å²) in [4.78, 5) is 0. The maximum absolute atomic E-state index is 8.75. The lowest BCUT2D eigenvalue weighted by Gasteiger charge is -1.96. The summed E-state index contributed by atoms with van der Waals surface area (Å²) in [6, 6.07) is 0. The molecule has 54 valence electrons. The first kappa shape index (κ1) is 8.66. The predicted octanol–water partition coefficient (Wildman–Crippen LogP) is 0.696. The summed E-state index contributed by atoms with van der Waals surface area (Å²) in [5.74, 6) is 0. The van der Waals surface area contributed by atoms with Crippen molar-refractivity contribution in [1.29, 1.82) is 0 Å². The first-order valence-electron chi connectivity index (χ1n) is 3.26. The van der Waals surface area contributed by atoms with Gasteiger partial charge in [0, 0.05) is 0 Å². The molecule has 0 aliphatic rings. The Morgan fingerprint density at radius 3 is 2.67 bits per heavy atom. The van der Waals surface area contributed by atoms with E-state index in [1.54, 1.807) is 6.08 Å². The smallest absolute Gasteiger partial charge is 0.0951 e. The molecule has 0 aromatic carbocycles. The van der Waals surface area contributed by atoms with E-state index in [1.807, 2.05) is 6.08 Å². The third-order valence-electron chi connectivity index (χ3n) is 1.00. The second-order valence-corrected chi connectivity index (χ2v) is 1.97. The Morgan fingerprint density at radius 1 is 1.56 bits per heavy atom. The monoisotopic (exact) mass is 130 g/mol. The van der Waals surface area contributed by atoms with Crippen molar-refractivity contribution in [3.63, 3.8) is 0 Å². The molecule has 0 aliphatic carbocycles. The number of unbranched alkanes of at least 4 members (excludes halogenated alkanes) is 1. The summed E-state index contributed by atoms with van der Waals surface area (Å²) in [5, 5.41) is 17.1. The zero-order valence-electron chi connectivity index (χ0n) is 5.75. The summed E-state index contributed by atoms with van der Waals surface area (Å²) >= 11 is 0. The number of rotatable bonds is 4. The Balaban J connectivity index is 3.20. The number of aliphatic hydroxyl groups excluding tert-OH is 2. The molecule has 1 unspecified atom stereocenters. The van der Waals surface area contributed by atoms with Crippen LogP contribution in [0.2, 0.25) is 0 Å². The van der Waals surface area contributed by atoms with Gasteiger partial charge in [0.25, 0.3) is 0 Å². The van der Waals surface area contributed by atoms with E-state index >= 15 is 0 Å². The van der Waals surface area contributed by atoms with Gasteiger partial charge in [-0.1, -0.05) is 25.5 Å². The number of aliphatic hydroxyl groups is 2. The second-order valence-electron chi connectivity index (χ2n) is 1.97. The first-order valence-corrected chi connectivity index (χ1v) is 3.26. The molecule has 2 nitrogen and oxygen atoms in total. The largest absolute Gasteiger partial charge is 0.393 e. The Morgan fingerprint density at radius 2 is 2.22 bits per heavy atom. The van der Waals surface area contributed by atoms with Crippen LogP contribution in [0.1, 0.15) is 19.8 Å². The molecule has 0 aliphatic heterocycles. The molecule has 2 N–H and O–H groups in total. The van der Waals surface area contributed by atoms with Crippen LogP contribution in [0.5, 0.6) is 0 Å². The van der Waals surface area contributed by atoms with E-state index in [-0.39, 0.29) is 6.61 Å². The van der Waals surface area contributed by atoms with Crippen molar-refractivity contribution in [3.8, 4) is 0 Å². The molecule has 0 radical (unpaired) electrons. The van der Waals surface area contributed by atoms with E-state index in [4.69, 9.17) is 10.2 Å². The summed E-state index contributed by atoms with van der Waals surface area (Å²) in [6.45, 7) is 1.88. The molecule has 0 bridgehead atoms. The van der Waals surface area contributed by atoms with Crippen molar-refractivity contribution in [2.24, 2.45) is 0 Å². The van der Waals surface area contributed by atoms with Gasteiger partial charge in [-0.2, -0.15) is 0 Å². The molecule has 0 fully saturated rings. The zero-order valence-corrected chi connectivity index (χ0v) is 5.75. The predicted molar refractivity (Wildman–Crippen MR) is 37.1 cm³/mol. The molecule has 0 saturated carbocycles. The van der Waals surface area contributed by atoms with Crippen molar-refractivity contribution in [2.75, 3.05) is 6.61 Å². The molecular weight excluding hydrogens is 116 g/mol. The van der Waals surface area contributed by atoms with Crippen molar-refractivity contribution in [1.82, 2.24) is 0 Å². The maximum atomic E-state index is 8.75. The number of hydrogen-bond donors (Lipinski definition) is 2. The van der Waals surface area contributed by atoms with Crippen LogP contribution >= 0.6 is 0 Å². The van der Waals surface area contributed by atoms with Gasteiger partial charge in [0.15, 0.2) is 0 Å². The molecule has 0 aromatic rings. The molecule has 9 heavy (non-hydrogen) atoms. The van der Waals surface area contributed by atoms with Gasteiger partial charge in [-0.3, -0.25) is 0 Å². The van der Waals surface area contributed by atoms with Crippen LogP contribution in [-0.4, -0.2) is 22.9 Å². The Hall–Kier alpha value is -0.340. The van der Waals surface area contributed by atoms with Crippen LogP contribution in [0.15, 0.2) is 12.2 Å². The lowest BCUT2D eigenvalue weighted by atomic mass is 10.2. The van der Waals surface area contributed by atoms with Gasteiger partial charge in [0.05, 0.1) is 12.7 Å². The molecule has 2 heteroatoms. The fourth-order valence-electron chi connectivity index (χ4n) is 0.481. The maximum Gasteiger partial charge on any atom is 0.0951 e. The topological polar surface area (TPSA) is 40.5 Å². The van der Waals surface area contributed by atoms with Gasteiger partial charge in [0.2, 0.25) is 0 Å². The van der Waals surface area contributed by atoms with Crippen molar-refractivity contribution in [2.45, 2.75) is 25.9 Å². The molecule has 0 aromatic heterocycles. The van der Waals surface area contributed by atoms with E-state index < -0.39 is 6.10 Å². The molecule has 0 heterocycles. The summed E-state index contributed by atoms with van der Waals surface area (Å²) in [5.41, 5.74) is 0. The molecule has 0 spiro atoms. The van der Waals surface area contributed by atoms with Crippen LogP contribution in [0.25, 0.3) is 0 Å². The fraction of sp³-hybridized carbons (Fsp3) is 0.714. The van der Waals surface area contributed by atoms with Crippen LogP contribution in [0, 0.1) is 0 Å². The second kappa shape index (κ2) is 5.79. The standard InChI is InChI=1S/C7H14O2/c1-2-3-4-5-7(9)6-8/h4-5,7-9H,2-3,6H2,1H3/b5-4+. The highest BCUT2D eigenvalue weighted by Crippen LogP contribution is 1.90. The lowest BCUT2D eigenvalue weighted by Crippen LogP contribution is -2.06. The Bertz CT molecular complexity index is 79.0. The van der Waals surface area contributed by atoms with Crippen LogP contribution in [0.3, 0.4) is 0 Å². The average Bonchev–Trinajstić information content (AvgIpc) is 1.89. The molecular formula is C7H14O2. The van der Waals surface area contributed by atoms with E-state index in [2.05, 4.69) is 6.92 Å². The highest BCUT2D eigenvalue weighted by atomic mass is 16.3. The molecule has 0 saturated heterocycles. The number of hydrogen-bond acceptors (Lipinski definition) is 2. The highest BCUT2D eigenvalue weighted by molar-refractivity contribution is 4.87. The zero-order chi connectivity index (χ0) is 7.11. The van der Waals surface area contributed by atoms with E-state index in [0.29, 0.717) is 0 Å². The van der Waals surface area contributed by atoms with Crippen LogP contribution < -0.4 is 0 Å². The fourth-order valence-corrected chi connectivity index (χ4v) is 0.481. The lowest BCUT2D eigenvalue weighted by molar-refractivity contribution is 0.131. The van der Waals surface area contributed by atoms with Gasteiger partial charge >= 0.3 is 0 Å². The summed E-state index contributed by atoms with van der Waals surface area (Å²) in [6.07, 6.45) is 4.87. The minimum atomic E-state index is -0.670. The SMILES string of the molecule is CCC/C=C/C(O)CO. The normalized spacial score (nSPS) is 14.6. The average molecular weight is 130 g/mol. The summed E-state index contributed by atoms with van der Waals surface area (Å²) in [7, 11) is 0. The van der Waals surface area contributed by atoms with Crippen LogP contribution in [-0.2, 0) is 0 Å². The molecule has 1 atom stereocenters. The van der Waals surface area contributed by atoms with Crippen molar-refractivity contribution in [3.05, 3.63) is 12.2 Å². The van der Waals surface area contributed by atoms with Crippen molar-refractivity contribution >= 4 is 0 Å². The van der Waals surface area contributed by atoms with E-state index in [0.717, 1.165) is 12.8 Å².